The van der Waals surface area contributed by atoms with Gasteiger partial charge in [0.25, 0.3) is 0 Å². The number of halogens is 2. The van der Waals surface area contributed by atoms with Gasteiger partial charge in [0.15, 0.2) is 0 Å². The fraction of sp³-hybridized carbons (Fsp3) is 0.400. The zero-order chi connectivity index (χ0) is 11.1. The van der Waals surface area contributed by atoms with Gasteiger partial charge in [-0.3, -0.25) is 0 Å². The van der Waals surface area contributed by atoms with Crippen LogP contribution in [0.15, 0.2) is 18.2 Å². The summed E-state index contributed by atoms with van der Waals surface area (Å²) in [7, 11) is 0. The first-order chi connectivity index (χ1) is 7.24. The molecule has 0 heterocycles. The van der Waals surface area contributed by atoms with E-state index < -0.39 is 0 Å². The van der Waals surface area contributed by atoms with E-state index in [9.17, 15) is 0 Å². The lowest BCUT2D eigenvalue weighted by molar-refractivity contribution is 0.0992. The van der Waals surface area contributed by atoms with Gasteiger partial charge in [-0.2, -0.15) is 0 Å². The van der Waals surface area contributed by atoms with Crippen LogP contribution in [0.1, 0.15) is 0 Å². The number of hydrogen-bond acceptors (Lipinski definition) is 3. The van der Waals surface area contributed by atoms with Gasteiger partial charge in [0.05, 0.1) is 29.9 Å². The molecule has 84 valence electrons. The molecule has 0 aromatic heterocycles. The molecule has 0 radical (unpaired) electrons. The van der Waals surface area contributed by atoms with Crippen molar-refractivity contribution in [3.05, 3.63) is 28.2 Å². The summed E-state index contributed by atoms with van der Waals surface area (Å²) in [5.41, 5.74) is 0.900. The average molecular weight is 250 g/mol. The van der Waals surface area contributed by atoms with E-state index in [-0.39, 0.29) is 6.61 Å². The highest BCUT2D eigenvalue weighted by Crippen LogP contribution is 2.24. The molecule has 2 N–H and O–H groups in total. The summed E-state index contributed by atoms with van der Waals surface area (Å²) in [5, 5.41) is 12.7. The second-order valence-electron chi connectivity index (χ2n) is 2.89. The third-order valence-electron chi connectivity index (χ3n) is 1.73. The van der Waals surface area contributed by atoms with Crippen LogP contribution in [0.25, 0.3) is 0 Å². The lowest BCUT2D eigenvalue weighted by atomic mass is 10.3. The molecule has 0 unspecified atom stereocenters. The summed E-state index contributed by atoms with van der Waals surface area (Å²) in [4.78, 5) is 0. The lowest BCUT2D eigenvalue weighted by Gasteiger charge is -2.07. The maximum Gasteiger partial charge on any atom is 0.0698 e. The first-order valence-corrected chi connectivity index (χ1v) is 5.37. The monoisotopic (exact) mass is 249 g/mol. The van der Waals surface area contributed by atoms with Crippen molar-refractivity contribution in [3.8, 4) is 0 Å². The molecule has 0 saturated heterocycles. The Hall–Kier alpha value is -0.480. The minimum absolute atomic E-state index is 0.0484. The Balaban J connectivity index is 2.28. The molecular formula is C10H13Cl2NO2. The molecule has 0 spiro atoms. The summed E-state index contributed by atoms with van der Waals surface area (Å²) in [5.74, 6) is 0. The van der Waals surface area contributed by atoms with Gasteiger partial charge in [-0.25, -0.2) is 0 Å². The summed E-state index contributed by atoms with van der Waals surface area (Å²) in [6.45, 7) is 1.62. The van der Waals surface area contributed by atoms with Gasteiger partial charge < -0.3 is 15.2 Å². The molecule has 0 saturated carbocycles. The molecule has 3 nitrogen and oxygen atoms in total. The van der Waals surface area contributed by atoms with E-state index in [1.165, 1.54) is 0 Å². The first-order valence-electron chi connectivity index (χ1n) is 4.61. The number of nitrogens with one attached hydrogen (secondary N) is 1. The second-order valence-corrected chi connectivity index (χ2v) is 3.71. The van der Waals surface area contributed by atoms with Crippen LogP contribution in [0.3, 0.4) is 0 Å². The van der Waals surface area contributed by atoms with E-state index in [0.29, 0.717) is 29.8 Å². The Bertz CT molecular complexity index is 307. The van der Waals surface area contributed by atoms with Crippen molar-refractivity contribution in [2.75, 3.05) is 31.7 Å². The molecule has 0 aliphatic carbocycles. The lowest BCUT2D eigenvalue weighted by Crippen LogP contribution is -2.11. The largest absolute Gasteiger partial charge is 0.394 e. The zero-order valence-electron chi connectivity index (χ0n) is 8.17. The molecule has 1 rings (SSSR count). The third kappa shape index (κ3) is 4.71. The summed E-state index contributed by atoms with van der Waals surface area (Å²) in [6.07, 6.45) is 0. The Morgan fingerprint density at radius 3 is 2.67 bits per heavy atom. The van der Waals surface area contributed by atoms with E-state index in [2.05, 4.69) is 5.32 Å². The van der Waals surface area contributed by atoms with Crippen molar-refractivity contribution in [1.29, 1.82) is 0 Å². The Morgan fingerprint density at radius 2 is 2.00 bits per heavy atom. The van der Waals surface area contributed by atoms with Crippen LogP contribution in [-0.4, -0.2) is 31.5 Å². The number of aliphatic hydroxyl groups is 1. The van der Waals surface area contributed by atoms with Gasteiger partial charge in [-0.1, -0.05) is 23.2 Å². The molecule has 15 heavy (non-hydrogen) atoms. The normalized spacial score (nSPS) is 10.3. The zero-order valence-corrected chi connectivity index (χ0v) is 9.68. The fourth-order valence-electron chi connectivity index (χ4n) is 1.04. The standard InChI is InChI=1S/C10H13Cl2NO2/c11-9-2-1-8(7-10(9)12)13-3-5-15-6-4-14/h1-2,7,13-14H,3-6H2. The van der Waals surface area contributed by atoms with E-state index in [4.69, 9.17) is 33.0 Å². The molecular weight excluding hydrogens is 237 g/mol. The molecule has 1 aromatic rings. The van der Waals surface area contributed by atoms with Crippen LogP contribution in [0.4, 0.5) is 5.69 Å². The van der Waals surface area contributed by atoms with Gasteiger partial charge in [0, 0.05) is 12.2 Å². The third-order valence-corrected chi connectivity index (χ3v) is 2.47. The molecule has 1 aromatic carbocycles. The van der Waals surface area contributed by atoms with Gasteiger partial charge in [0.2, 0.25) is 0 Å². The van der Waals surface area contributed by atoms with Gasteiger partial charge in [0.1, 0.15) is 0 Å². The highest BCUT2D eigenvalue weighted by atomic mass is 35.5. The molecule has 0 bridgehead atoms. The number of hydrogen-bond donors (Lipinski definition) is 2. The van der Waals surface area contributed by atoms with Crippen LogP contribution >= 0.6 is 23.2 Å². The minimum Gasteiger partial charge on any atom is -0.394 e. The minimum atomic E-state index is 0.0484. The maximum atomic E-state index is 8.47. The second kappa shape index (κ2) is 6.90. The van der Waals surface area contributed by atoms with Gasteiger partial charge in [-0.15, -0.1) is 0 Å². The molecule has 0 aliphatic rings. The van der Waals surface area contributed by atoms with E-state index in [1.807, 2.05) is 6.07 Å². The highest BCUT2D eigenvalue weighted by Gasteiger charge is 1.98. The average Bonchev–Trinajstić information content (AvgIpc) is 2.23. The van der Waals surface area contributed by atoms with Crippen molar-refractivity contribution < 1.29 is 9.84 Å². The van der Waals surface area contributed by atoms with Crippen LogP contribution in [0.2, 0.25) is 10.0 Å². The van der Waals surface area contributed by atoms with Crippen LogP contribution in [0, 0.1) is 0 Å². The smallest absolute Gasteiger partial charge is 0.0698 e. The molecule has 5 heteroatoms. The number of benzene rings is 1. The van der Waals surface area contributed by atoms with Gasteiger partial charge >= 0.3 is 0 Å². The predicted molar refractivity (Wildman–Crippen MR) is 62.9 cm³/mol. The van der Waals surface area contributed by atoms with Crippen molar-refractivity contribution in [3.63, 3.8) is 0 Å². The Labute approximate surface area is 99.0 Å². The quantitative estimate of drug-likeness (QED) is 0.762. The van der Waals surface area contributed by atoms with Crippen LogP contribution in [0.5, 0.6) is 0 Å². The van der Waals surface area contributed by atoms with E-state index in [1.54, 1.807) is 12.1 Å². The molecule has 0 aliphatic heterocycles. The summed E-state index contributed by atoms with van der Waals surface area (Å²) < 4.78 is 5.09. The summed E-state index contributed by atoms with van der Waals surface area (Å²) >= 11 is 11.6. The Kier molecular flexibility index (Phi) is 5.79. The van der Waals surface area contributed by atoms with Crippen LogP contribution < -0.4 is 5.32 Å². The highest BCUT2D eigenvalue weighted by molar-refractivity contribution is 6.42. The van der Waals surface area contributed by atoms with Crippen molar-refractivity contribution in [1.82, 2.24) is 0 Å². The summed E-state index contributed by atoms with van der Waals surface area (Å²) in [6, 6.07) is 5.34. The fourth-order valence-corrected chi connectivity index (χ4v) is 1.34. The topological polar surface area (TPSA) is 41.5 Å². The number of aliphatic hydroxyl groups excluding tert-OH is 1. The maximum absolute atomic E-state index is 8.47. The number of ether oxygens (including phenoxy) is 1. The molecule has 0 amide bonds. The van der Waals surface area contributed by atoms with Gasteiger partial charge in [-0.05, 0) is 18.2 Å². The van der Waals surface area contributed by atoms with Crippen molar-refractivity contribution in [2.24, 2.45) is 0 Å². The van der Waals surface area contributed by atoms with Crippen LogP contribution in [-0.2, 0) is 4.74 Å². The Morgan fingerprint density at radius 1 is 1.20 bits per heavy atom. The van der Waals surface area contributed by atoms with E-state index in [0.717, 1.165) is 5.69 Å². The van der Waals surface area contributed by atoms with Crippen molar-refractivity contribution in [2.45, 2.75) is 0 Å². The first kappa shape index (κ1) is 12.6. The van der Waals surface area contributed by atoms with E-state index >= 15 is 0 Å². The molecule has 0 atom stereocenters. The number of rotatable bonds is 6. The molecule has 0 fully saturated rings. The predicted octanol–water partition coefficient (Wildman–Crippen LogP) is 2.41. The van der Waals surface area contributed by atoms with Crippen molar-refractivity contribution >= 4 is 28.9 Å². The number of anilines is 1. The SMILES string of the molecule is OCCOCCNc1ccc(Cl)c(Cl)c1.